The Labute approximate surface area is 167 Å². The minimum Gasteiger partial charge on any atom is -0.379 e. The Morgan fingerprint density at radius 2 is 2.00 bits per heavy atom. The molecule has 1 aromatic heterocycles. The molecule has 0 amide bonds. The van der Waals surface area contributed by atoms with Crippen molar-refractivity contribution in [2.24, 2.45) is 0 Å². The molecule has 0 bridgehead atoms. The molecule has 1 N–H and O–H groups in total. The summed E-state index contributed by atoms with van der Waals surface area (Å²) in [5.41, 5.74) is 2.44. The van der Waals surface area contributed by atoms with E-state index >= 15 is 0 Å². The number of hydrogen-bond donors (Lipinski definition) is 1. The smallest absolute Gasteiger partial charge is 0.244 e. The monoisotopic (exact) mass is 404 g/mol. The second kappa shape index (κ2) is 9.36. The van der Waals surface area contributed by atoms with E-state index in [0.29, 0.717) is 38.7 Å². The van der Waals surface area contributed by atoms with Gasteiger partial charge in [-0.1, -0.05) is 12.1 Å². The van der Waals surface area contributed by atoms with E-state index in [1.54, 1.807) is 12.1 Å². The van der Waals surface area contributed by atoms with Crippen LogP contribution >= 0.6 is 0 Å². The van der Waals surface area contributed by atoms with E-state index in [4.69, 9.17) is 4.74 Å². The number of aromatic nitrogens is 1. The molecule has 0 aliphatic carbocycles. The lowest BCUT2D eigenvalue weighted by molar-refractivity contribution is 0.0730. The number of anilines is 2. The first-order chi connectivity index (χ1) is 13.5. The molecule has 3 rings (SSSR count). The number of nitrogens with one attached hydrogen (secondary N) is 1. The van der Waals surface area contributed by atoms with Crippen molar-refractivity contribution in [2.75, 3.05) is 56.2 Å². The number of likely N-dealkylation sites (N-methyl/N-ethyl adjacent to an activating group) is 1. The summed E-state index contributed by atoms with van der Waals surface area (Å²) in [5.74, 6) is 0.668. The molecule has 1 aromatic carbocycles. The summed E-state index contributed by atoms with van der Waals surface area (Å²) in [6.07, 6.45) is 1.42. The van der Waals surface area contributed by atoms with Crippen LogP contribution in [0.15, 0.2) is 47.5 Å². The number of nitrogens with zero attached hydrogens (tertiary/aromatic N) is 3. The van der Waals surface area contributed by atoms with Gasteiger partial charge in [0.15, 0.2) is 0 Å². The molecule has 1 fully saturated rings. The highest BCUT2D eigenvalue weighted by molar-refractivity contribution is 7.89. The van der Waals surface area contributed by atoms with Crippen LogP contribution in [0.2, 0.25) is 0 Å². The second-order valence-electron chi connectivity index (χ2n) is 6.74. The van der Waals surface area contributed by atoms with Gasteiger partial charge in [0.2, 0.25) is 10.0 Å². The average Bonchev–Trinajstić information content (AvgIpc) is 2.72. The zero-order chi connectivity index (χ0) is 20.0. The topological polar surface area (TPSA) is 74.8 Å². The molecule has 1 aliphatic heterocycles. The molecule has 2 heterocycles. The molecule has 8 heteroatoms. The SMILES string of the molecule is CCN(CCNc1ccc(S(=O)(=O)N2CCOCC2)cn1)c1cccc(C)c1. The predicted molar refractivity (Wildman–Crippen MR) is 111 cm³/mol. The van der Waals surface area contributed by atoms with Gasteiger partial charge in [0.1, 0.15) is 10.7 Å². The van der Waals surface area contributed by atoms with Gasteiger partial charge < -0.3 is 15.0 Å². The molecule has 0 saturated carbocycles. The van der Waals surface area contributed by atoms with Gasteiger partial charge in [-0.25, -0.2) is 13.4 Å². The summed E-state index contributed by atoms with van der Waals surface area (Å²) in [6, 6.07) is 11.8. The quantitative estimate of drug-likeness (QED) is 0.728. The summed E-state index contributed by atoms with van der Waals surface area (Å²) < 4.78 is 31.9. The van der Waals surface area contributed by atoms with Crippen LogP contribution in [0.1, 0.15) is 12.5 Å². The lowest BCUT2D eigenvalue weighted by atomic mass is 10.2. The number of aryl methyl sites for hydroxylation is 1. The maximum atomic E-state index is 12.6. The molecule has 2 aromatic rings. The zero-order valence-electron chi connectivity index (χ0n) is 16.5. The van der Waals surface area contributed by atoms with Gasteiger partial charge in [0.25, 0.3) is 0 Å². The maximum Gasteiger partial charge on any atom is 0.244 e. The summed E-state index contributed by atoms with van der Waals surface area (Å²) in [7, 11) is -3.50. The van der Waals surface area contributed by atoms with E-state index in [9.17, 15) is 8.42 Å². The third-order valence-electron chi connectivity index (χ3n) is 4.78. The first-order valence-corrected chi connectivity index (χ1v) is 11.0. The Hall–Kier alpha value is -2.16. The third kappa shape index (κ3) is 5.01. The summed E-state index contributed by atoms with van der Waals surface area (Å²) in [6.45, 7) is 8.30. The van der Waals surface area contributed by atoms with Crippen LogP contribution in [0.25, 0.3) is 0 Å². The fraction of sp³-hybridized carbons (Fsp3) is 0.450. The molecular weight excluding hydrogens is 376 g/mol. The zero-order valence-corrected chi connectivity index (χ0v) is 17.3. The Bertz CT molecular complexity index is 865. The van der Waals surface area contributed by atoms with Crippen molar-refractivity contribution in [2.45, 2.75) is 18.7 Å². The maximum absolute atomic E-state index is 12.6. The predicted octanol–water partition coefficient (Wildman–Crippen LogP) is 2.35. The molecule has 28 heavy (non-hydrogen) atoms. The number of rotatable bonds is 8. The van der Waals surface area contributed by atoms with Crippen LogP contribution in [0, 0.1) is 6.92 Å². The number of sulfonamides is 1. The molecule has 7 nitrogen and oxygen atoms in total. The van der Waals surface area contributed by atoms with Crippen molar-refractivity contribution in [3.63, 3.8) is 0 Å². The molecule has 0 spiro atoms. The fourth-order valence-corrected chi connectivity index (χ4v) is 4.54. The Morgan fingerprint density at radius 3 is 2.64 bits per heavy atom. The minimum absolute atomic E-state index is 0.217. The van der Waals surface area contributed by atoms with E-state index < -0.39 is 10.0 Å². The molecule has 152 valence electrons. The van der Waals surface area contributed by atoms with Gasteiger partial charge in [-0.3, -0.25) is 0 Å². The molecule has 1 aliphatic rings. The van der Waals surface area contributed by atoms with Gasteiger partial charge in [-0.15, -0.1) is 0 Å². The normalized spacial score (nSPS) is 15.4. The van der Waals surface area contributed by atoms with Crippen LogP contribution in [-0.4, -0.2) is 63.6 Å². The fourth-order valence-electron chi connectivity index (χ4n) is 3.19. The first kappa shape index (κ1) is 20.6. The lowest BCUT2D eigenvalue weighted by Crippen LogP contribution is -2.40. The highest BCUT2D eigenvalue weighted by Crippen LogP contribution is 2.18. The van der Waals surface area contributed by atoms with Gasteiger partial charge in [0.05, 0.1) is 13.2 Å². The molecule has 1 saturated heterocycles. The van der Waals surface area contributed by atoms with Crippen molar-refractivity contribution >= 4 is 21.5 Å². The molecule has 0 unspecified atom stereocenters. The van der Waals surface area contributed by atoms with Crippen molar-refractivity contribution in [1.29, 1.82) is 0 Å². The van der Waals surface area contributed by atoms with Crippen molar-refractivity contribution in [3.8, 4) is 0 Å². The Kier molecular flexibility index (Phi) is 6.88. The lowest BCUT2D eigenvalue weighted by Gasteiger charge is -2.26. The number of benzene rings is 1. The van der Waals surface area contributed by atoms with Crippen LogP contribution in [0.4, 0.5) is 11.5 Å². The van der Waals surface area contributed by atoms with E-state index in [-0.39, 0.29) is 4.90 Å². The Morgan fingerprint density at radius 1 is 1.21 bits per heavy atom. The first-order valence-electron chi connectivity index (χ1n) is 9.60. The van der Waals surface area contributed by atoms with Gasteiger partial charge in [0, 0.05) is 44.6 Å². The third-order valence-corrected chi connectivity index (χ3v) is 6.66. The van der Waals surface area contributed by atoms with Crippen LogP contribution in [-0.2, 0) is 14.8 Å². The van der Waals surface area contributed by atoms with E-state index in [0.717, 1.165) is 13.1 Å². The van der Waals surface area contributed by atoms with E-state index in [1.165, 1.54) is 21.8 Å². The van der Waals surface area contributed by atoms with Crippen molar-refractivity contribution in [1.82, 2.24) is 9.29 Å². The van der Waals surface area contributed by atoms with Crippen LogP contribution < -0.4 is 10.2 Å². The van der Waals surface area contributed by atoms with Gasteiger partial charge in [-0.05, 0) is 43.7 Å². The highest BCUT2D eigenvalue weighted by atomic mass is 32.2. The molecule has 0 atom stereocenters. The summed E-state index contributed by atoms with van der Waals surface area (Å²) in [4.78, 5) is 6.79. The Balaban J connectivity index is 1.57. The number of ether oxygens (including phenoxy) is 1. The van der Waals surface area contributed by atoms with Crippen LogP contribution in [0.5, 0.6) is 0 Å². The van der Waals surface area contributed by atoms with Crippen molar-refractivity contribution < 1.29 is 13.2 Å². The van der Waals surface area contributed by atoms with E-state index in [2.05, 4.69) is 53.3 Å². The van der Waals surface area contributed by atoms with Gasteiger partial charge in [-0.2, -0.15) is 4.31 Å². The average molecular weight is 405 g/mol. The highest BCUT2D eigenvalue weighted by Gasteiger charge is 2.26. The second-order valence-corrected chi connectivity index (χ2v) is 8.68. The number of pyridine rings is 1. The summed E-state index contributed by atoms with van der Waals surface area (Å²) in [5, 5.41) is 3.27. The van der Waals surface area contributed by atoms with Crippen LogP contribution in [0.3, 0.4) is 0 Å². The summed E-state index contributed by atoms with van der Waals surface area (Å²) >= 11 is 0. The standard InChI is InChI=1S/C20H28N4O3S/c1-3-23(18-6-4-5-17(2)15-18)10-9-21-20-8-7-19(16-22-20)28(25,26)24-11-13-27-14-12-24/h4-8,15-16H,3,9-14H2,1-2H3,(H,21,22). The van der Waals surface area contributed by atoms with E-state index in [1.807, 2.05) is 0 Å². The minimum atomic E-state index is -3.50. The molecular formula is C20H28N4O3S. The van der Waals surface area contributed by atoms with Crippen molar-refractivity contribution in [3.05, 3.63) is 48.2 Å². The number of morpholine rings is 1. The molecule has 0 radical (unpaired) electrons. The largest absolute Gasteiger partial charge is 0.379 e. The number of hydrogen-bond acceptors (Lipinski definition) is 6. The van der Waals surface area contributed by atoms with Gasteiger partial charge >= 0.3 is 0 Å².